The maximum Gasteiger partial charge on any atom is 0.344 e. The summed E-state index contributed by atoms with van der Waals surface area (Å²) in [5.74, 6) is 1.37. The summed E-state index contributed by atoms with van der Waals surface area (Å²) in [7, 11) is 3.13. The summed E-state index contributed by atoms with van der Waals surface area (Å²) in [6.45, 7) is 5.11. The van der Waals surface area contributed by atoms with Crippen molar-refractivity contribution in [2.45, 2.75) is 26.3 Å². The summed E-state index contributed by atoms with van der Waals surface area (Å²) >= 11 is 0. The fourth-order valence-corrected chi connectivity index (χ4v) is 3.35. The van der Waals surface area contributed by atoms with Gasteiger partial charge in [0.25, 0.3) is 0 Å². The van der Waals surface area contributed by atoms with E-state index in [-0.39, 0.29) is 5.97 Å². The molecule has 1 heterocycles. The number of unbranched alkanes of at least 4 members (excludes halogenated alkanes) is 1. The number of hydrogen-bond acceptors (Lipinski definition) is 5. The number of ether oxygens (including phenoxy) is 3. The summed E-state index contributed by atoms with van der Waals surface area (Å²) in [6.07, 6.45) is 3.82. The van der Waals surface area contributed by atoms with Crippen LogP contribution in [0.1, 0.15) is 41.3 Å². The minimum atomic E-state index is -0.346. The molecule has 148 valence electrons. The Morgan fingerprint density at radius 1 is 1.04 bits per heavy atom. The number of nitrogens with zero attached hydrogens (tertiary/aromatic N) is 1. The number of carbonyl (C=O) groups excluding carboxylic acids is 1. The van der Waals surface area contributed by atoms with Gasteiger partial charge in [0.15, 0.2) is 11.5 Å². The highest BCUT2D eigenvalue weighted by Crippen LogP contribution is 2.38. The maximum atomic E-state index is 12.2. The molecule has 0 bridgehead atoms. The van der Waals surface area contributed by atoms with Gasteiger partial charge in [-0.05, 0) is 49.7 Å². The molecule has 0 amide bonds. The molecule has 5 heteroatoms. The van der Waals surface area contributed by atoms with Gasteiger partial charge in [0.2, 0.25) is 0 Å². The first-order chi connectivity index (χ1) is 13.7. The van der Waals surface area contributed by atoms with Gasteiger partial charge in [-0.25, -0.2) is 4.79 Å². The van der Waals surface area contributed by atoms with Crippen LogP contribution in [0.3, 0.4) is 0 Å². The lowest BCUT2D eigenvalue weighted by atomic mass is 10.1. The summed E-state index contributed by atoms with van der Waals surface area (Å²) in [4.78, 5) is 14.6. The van der Waals surface area contributed by atoms with Crippen molar-refractivity contribution in [3.8, 4) is 11.5 Å². The van der Waals surface area contributed by atoms with E-state index in [0.29, 0.717) is 22.8 Å². The van der Waals surface area contributed by atoms with Crippen LogP contribution >= 0.6 is 0 Å². The molecule has 0 atom stereocenters. The third kappa shape index (κ3) is 4.54. The molecule has 0 saturated heterocycles. The minimum absolute atomic E-state index is 0.346. The third-order valence-electron chi connectivity index (χ3n) is 4.92. The van der Waals surface area contributed by atoms with Crippen molar-refractivity contribution in [3.05, 3.63) is 65.2 Å². The van der Waals surface area contributed by atoms with E-state index >= 15 is 0 Å². The molecule has 1 aliphatic heterocycles. The quantitative estimate of drug-likeness (QED) is 0.472. The zero-order valence-corrected chi connectivity index (χ0v) is 16.7. The Kier molecular flexibility index (Phi) is 6.71. The molecular weight excluding hydrogens is 354 g/mol. The van der Waals surface area contributed by atoms with E-state index in [1.165, 1.54) is 5.56 Å². The molecule has 0 aliphatic carbocycles. The Hall–Kier alpha value is -2.79. The predicted octanol–water partition coefficient (Wildman–Crippen LogP) is 4.52. The summed E-state index contributed by atoms with van der Waals surface area (Å²) in [6, 6.07) is 14.0. The smallest absolute Gasteiger partial charge is 0.344 e. The number of allylic oxidation sites excluding steroid dienone is 1. The molecular formula is C23H27NO4. The fraction of sp³-hybridized carbons (Fsp3) is 0.348. The first-order valence-corrected chi connectivity index (χ1v) is 9.61. The number of fused-ring (bicyclic) bond motifs is 1. The van der Waals surface area contributed by atoms with Crippen LogP contribution in [0.25, 0.3) is 5.76 Å². The standard InChI is InChI=1S/C23H27NO4/c1-4-24(16-17-10-6-5-7-11-17)13-9-8-12-20-18-14-21(26-2)22(27-3)15-19(18)23(25)28-20/h5-7,10-12,14-15H,4,8-9,13,16H2,1-3H3/b20-12-. The van der Waals surface area contributed by atoms with Crippen molar-refractivity contribution in [1.29, 1.82) is 0 Å². The van der Waals surface area contributed by atoms with Crippen molar-refractivity contribution in [2.24, 2.45) is 0 Å². The molecule has 0 saturated carbocycles. The van der Waals surface area contributed by atoms with Crippen LogP contribution in [0.2, 0.25) is 0 Å². The lowest BCUT2D eigenvalue weighted by Gasteiger charge is -2.20. The average molecular weight is 381 g/mol. The number of hydrogen-bond donors (Lipinski definition) is 0. The molecule has 5 nitrogen and oxygen atoms in total. The van der Waals surface area contributed by atoms with E-state index in [4.69, 9.17) is 14.2 Å². The number of esters is 1. The SMILES string of the molecule is CCN(CCC/C=C1\OC(=O)c2cc(OC)c(OC)cc21)Cc1ccccc1. The number of rotatable bonds is 9. The molecule has 0 N–H and O–H groups in total. The topological polar surface area (TPSA) is 48.0 Å². The van der Waals surface area contributed by atoms with Gasteiger partial charge in [-0.15, -0.1) is 0 Å². The Labute approximate surface area is 166 Å². The van der Waals surface area contributed by atoms with Gasteiger partial charge >= 0.3 is 5.97 Å². The monoisotopic (exact) mass is 381 g/mol. The minimum Gasteiger partial charge on any atom is -0.493 e. The van der Waals surface area contributed by atoms with Crippen molar-refractivity contribution in [2.75, 3.05) is 27.3 Å². The van der Waals surface area contributed by atoms with E-state index in [1.807, 2.05) is 12.1 Å². The molecule has 3 rings (SSSR count). The van der Waals surface area contributed by atoms with Crippen LogP contribution < -0.4 is 9.47 Å². The summed E-state index contributed by atoms with van der Waals surface area (Å²) in [5.41, 5.74) is 2.60. The van der Waals surface area contributed by atoms with Crippen LogP contribution in [0.4, 0.5) is 0 Å². The summed E-state index contributed by atoms with van der Waals surface area (Å²) in [5, 5.41) is 0. The number of benzene rings is 2. The zero-order chi connectivity index (χ0) is 19.9. The molecule has 28 heavy (non-hydrogen) atoms. The van der Waals surface area contributed by atoms with Gasteiger partial charge in [-0.1, -0.05) is 37.3 Å². The Morgan fingerprint density at radius 2 is 1.71 bits per heavy atom. The van der Waals surface area contributed by atoms with Crippen molar-refractivity contribution < 1.29 is 19.0 Å². The van der Waals surface area contributed by atoms with Gasteiger partial charge in [-0.2, -0.15) is 0 Å². The van der Waals surface area contributed by atoms with Gasteiger partial charge < -0.3 is 14.2 Å². The Balaban J connectivity index is 1.62. The van der Waals surface area contributed by atoms with Crippen molar-refractivity contribution >= 4 is 11.7 Å². The molecule has 0 spiro atoms. The first kappa shape index (κ1) is 20.0. The van der Waals surface area contributed by atoms with Crippen LogP contribution in [-0.2, 0) is 11.3 Å². The number of cyclic esters (lactones) is 1. The average Bonchev–Trinajstić information content (AvgIpc) is 3.04. The lowest BCUT2D eigenvalue weighted by Crippen LogP contribution is -2.23. The van der Waals surface area contributed by atoms with Gasteiger partial charge in [0, 0.05) is 12.1 Å². The molecule has 0 fully saturated rings. The number of methoxy groups -OCH3 is 2. The van der Waals surface area contributed by atoms with Crippen LogP contribution in [0.5, 0.6) is 11.5 Å². The van der Waals surface area contributed by atoms with Gasteiger partial charge in [-0.3, -0.25) is 4.90 Å². The second kappa shape index (κ2) is 9.42. The van der Waals surface area contributed by atoms with Gasteiger partial charge in [0.05, 0.1) is 19.8 Å². The van der Waals surface area contributed by atoms with E-state index in [0.717, 1.165) is 38.0 Å². The molecule has 1 aliphatic rings. The highest BCUT2D eigenvalue weighted by molar-refractivity contribution is 6.03. The molecule has 2 aromatic carbocycles. The third-order valence-corrected chi connectivity index (χ3v) is 4.92. The predicted molar refractivity (Wildman–Crippen MR) is 110 cm³/mol. The Bertz CT molecular complexity index is 845. The molecule has 0 unspecified atom stereocenters. The Morgan fingerprint density at radius 3 is 2.36 bits per heavy atom. The largest absolute Gasteiger partial charge is 0.493 e. The second-order valence-electron chi connectivity index (χ2n) is 6.71. The van der Waals surface area contributed by atoms with E-state index in [1.54, 1.807) is 26.4 Å². The normalized spacial score (nSPS) is 14.3. The van der Waals surface area contributed by atoms with E-state index in [9.17, 15) is 4.79 Å². The van der Waals surface area contributed by atoms with Crippen LogP contribution in [0, 0.1) is 0 Å². The molecule has 2 aromatic rings. The highest BCUT2D eigenvalue weighted by Gasteiger charge is 2.28. The fourth-order valence-electron chi connectivity index (χ4n) is 3.35. The van der Waals surface area contributed by atoms with Crippen LogP contribution in [0.15, 0.2) is 48.5 Å². The highest BCUT2D eigenvalue weighted by atomic mass is 16.5. The lowest BCUT2D eigenvalue weighted by molar-refractivity contribution is 0.0715. The van der Waals surface area contributed by atoms with Crippen LogP contribution in [-0.4, -0.2) is 38.2 Å². The number of carbonyl (C=O) groups is 1. The van der Waals surface area contributed by atoms with E-state index < -0.39 is 0 Å². The zero-order valence-electron chi connectivity index (χ0n) is 16.7. The van der Waals surface area contributed by atoms with Crippen molar-refractivity contribution in [1.82, 2.24) is 4.90 Å². The maximum absolute atomic E-state index is 12.2. The molecule has 0 radical (unpaired) electrons. The van der Waals surface area contributed by atoms with Crippen molar-refractivity contribution in [3.63, 3.8) is 0 Å². The van der Waals surface area contributed by atoms with Gasteiger partial charge in [0.1, 0.15) is 5.76 Å². The summed E-state index contributed by atoms with van der Waals surface area (Å²) < 4.78 is 16.1. The first-order valence-electron chi connectivity index (χ1n) is 9.61. The molecule has 0 aromatic heterocycles. The van der Waals surface area contributed by atoms with E-state index in [2.05, 4.69) is 36.1 Å². The second-order valence-corrected chi connectivity index (χ2v) is 6.71.